The SMILES string of the molecule is Cc1ccc(NC(=O)/C(C#N)=C/c2ccc(SCC(=O)Nc3ccccc3)c([N+](=O)[O-])c2)cc1Cl. The Balaban J connectivity index is 1.74. The molecule has 35 heavy (non-hydrogen) atoms. The summed E-state index contributed by atoms with van der Waals surface area (Å²) >= 11 is 7.08. The Morgan fingerprint density at radius 2 is 1.83 bits per heavy atom. The molecule has 0 aliphatic heterocycles. The first-order valence-electron chi connectivity index (χ1n) is 10.2. The maximum Gasteiger partial charge on any atom is 0.283 e. The number of thioether (sulfide) groups is 1. The molecule has 2 amide bonds. The number of carbonyl (C=O) groups excluding carboxylic acids is 2. The van der Waals surface area contributed by atoms with E-state index in [-0.39, 0.29) is 27.8 Å². The fraction of sp³-hybridized carbons (Fsp3) is 0.0800. The lowest BCUT2D eigenvalue weighted by Crippen LogP contribution is -2.14. The summed E-state index contributed by atoms with van der Waals surface area (Å²) in [5, 5.41) is 26.8. The fourth-order valence-electron chi connectivity index (χ4n) is 2.94. The van der Waals surface area contributed by atoms with Crippen molar-refractivity contribution in [1.29, 1.82) is 5.26 Å². The summed E-state index contributed by atoms with van der Waals surface area (Å²) in [5.41, 5.74) is 1.70. The number of amides is 2. The minimum absolute atomic E-state index is 0.0319. The minimum Gasteiger partial charge on any atom is -0.325 e. The van der Waals surface area contributed by atoms with Crippen molar-refractivity contribution in [3.63, 3.8) is 0 Å². The molecule has 0 unspecified atom stereocenters. The van der Waals surface area contributed by atoms with Crippen LogP contribution in [0.2, 0.25) is 5.02 Å². The number of hydrogen-bond acceptors (Lipinski definition) is 6. The molecule has 3 aromatic carbocycles. The third-order valence-corrected chi connectivity index (χ3v) is 6.17. The number of para-hydroxylation sites is 1. The van der Waals surface area contributed by atoms with Gasteiger partial charge < -0.3 is 10.6 Å². The van der Waals surface area contributed by atoms with Crippen molar-refractivity contribution >= 4 is 58.3 Å². The Morgan fingerprint density at radius 3 is 2.49 bits per heavy atom. The predicted octanol–water partition coefficient (Wildman–Crippen LogP) is 5.83. The Kier molecular flexibility index (Phi) is 8.62. The topological polar surface area (TPSA) is 125 Å². The number of anilines is 2. The van der Waals surface area contributed by atoms with Gasteiger partial charge in [-0.05, 0) is 54.5 Å². The second kappa shape index (κ2) is 11.8. The number of nitro groups is 1. The number of carbonyl (C=O) groups is 2. The first kappa shape index (κ1) is 25.5. The molecule has 0 aliphatic carbocycles. The number of benzene rings is 3. The lowest BCUT2D eigenvalue weighted by Gasteiger charge is -2.07. The average Bonchev–Trinajstić information content (AvgIpc) is 2.84. The second-order valence-electron chi connectivity index (χ2n) is 7.28. The lowest BCUT2D eigenvalue weighted by atomic mass is 10.1. The van der Waals surface area contributed by atoms with E-state index in [1.165, 1.54) is 24.3 Å². The first-order chi connectivity index (χ1) is 16.8. The van der Waals surface area contributed by atoms with E-state index >= 15 is 0 Å². The summed E-state index contributed by atoms with van der Waals surface area (Å²) in [4.78, 5) is 36.0. The van der Waals surface area contributed by atoms with Gasteiger partial charge in [-0.1, -0.05) is 41.9 Å². The van der Waals surface area contributed by atoms with Crippen LogP contribution in [-0.2, 0) is 9.59 Å². The summed E-state index contributed by atoms with van der Waals surface area (Å²) < 4.78 is 0. The molecule has 0 saturated heterocycles. The van der Waals surface area contributed by atoms with Crippen molar-refractivity contribution in [3.8, 4) is 6.07 Å². The standard InChI is InChI=1S/C25H19ClN4O4S/c1-16-7-9-20(13-21(16)26)29-25(32)18(14-27)11-17-8-10-23(22(12-17)30(33)34)35-15-24(31)28-19-5-3-2-4-6-19/h2-13H,15H2,1H3,(H,28,31)(H,29,32)/b18-11+. The molecular weight excluding hydrogens is 488 g/mol. The van der Waals surface area contributed by atoms with Crippen molar-refractivity contribution in [3.05, 3.63) is 98.6 Å². The van der Waals surface area contributed by atoms with Crippen LogP contribution in [0.1, 0.15) is 11.1 Å². The van der Waals surface area contributed by atoms with Crippen LogP contribution in [0.4, 0.5) is 17.1 Å². The van der Waals surface area contributed by atoms with Crippen molar-refractivity contribution in [2.45, 2.75) is 11.8 Å². The molecule has 0 spiro atoms. The average molecular weight is 507 g/mol. The Bertz CT molecular complexity index is 1350. The van der Waals surface area contributed by atoms with Crippen LogP contribution >= 0.6 is 23.4 Å². The Hall–Kier alpha value is -4.13. The number of nitrogens with one attached hydrogen (secondary N) is 2. The number of nitriles is 1. The van der Waals surface area contributed by atoms with Crippen LogP contribution in [-0.4, -0.2) is 22.5 Å². The van der Waals surface area contributed by atoms with E-state index in [9.17, 15) is 25.0 Å². The summed E-state index contributed by atoms with van der Waals surface area (Å²) in [6.45, 7) is 1.82. The van der Waals surface area contributed by atoms with Gasteiger partial charge in [-0.2, -0.15) is 5.26 Å². The van der Waals surface area contributed by atoms with Gasteiger partial charge in [0, 0.05) is 22.5 Å². The van der Waals surface area contributed by atoms with Gasteiger partial charge in [0.1, 0.15) is 11.6 Å². The summed E-state index contributed by atoms with van der Waals surface area (Å²) in [5.74, 6) is -1.01. The number of aryl methyl sites for hydroxylation is 1. The number of nitrogens with zero attached hydrogens (tertiary/aromatic N) is 2. The molecule has 0 radical (unpaired) electrons. The van der Waals surface area contributed by atoms with Crippen LogP contribution in [0.25, 0.3) is 6.08 Å². The molecule has 10 heteroatoms. The molecule has 0 aliphatic rings. The van der Waals surface area contributed by atoms with Gasteiger partial charge in [-0.25, -0.2) is 0 Å². The van der Waals surface area contributed by atoms with Crippen molar-refractivity contribution in [2.24, 2.45) is 0 Å². The lowest BCUT2D eigenvalue weighted by molar-refractivity contribution is -0.387. The van der Waals surface area contributed by atoms with Gasteiger partial charge in [0.25, 0.3) is 11.6 Å². The molecule has 8 nitrogen and oxygen atoms in total. The van der Waals surface area contributed by atoms with Gasteiger partial charge in [0.15, 0.2) is 0 Å². The molecule has 3 aromatic rings. The normalized spacial score (nSPS) is 10.8. The van der Waals surface area contributed by atoms with E-state index < -0.39 is 10.8 Å². The number of rotatable bonds is 8. The molecular formula is C25H19ClN4O4S. The van der Waals surface area contributed by atoms with E-state index in [2.05, 4.69) is 10.6 Å². The smallest absolute Gasteiger partial charge is 0.283 e. The zero-order valence-corrected chi connectivity index (χ0v) is 20.0. The number of halogens is 1. The van der Waals surface area contributed by atoms with Crippen molar-refractivity contribution in [1.82, 2.24) is 0 Å². The van der Waals surface area contributed by atoms with E-state index in [1.807, 2.05) is 19.1 Å². The Morgan fingerprint density at radius 1 is 1.09 bits per heavy atom. The molecule has 0 bridgehead atoms. The van der Waals surface area contributed by atoms with E-state index in [1.54, 1.807) is 42.5 Å². The van der Waals surface area contributed by atoms with Gasteiger partial charge in [0.2, 0.25) is 5.91 Å². The maximum absolute atomic E-state index is 12.5. The summed E-state index contributed by atoms with van der Waals surface area (Å²) in [7, 11) is 0. The Labute approximate surface area is 210 Å². The van der Waals surface area contributed by atoms with Crippen LogP contribution in [0.15, 0.2) is 77.2 Å². The van der Waals surface area contributed by atoms with Crippen molar-refractivity contribution in [2.75, 3.05) is 16.4 Å². The third kappa shape index (κ3) is 7.17. The highest BCUT2D eigenvalue weighted by Gasteiger charge is 2.17. The van der Waals surface area contributed by atoms with E-state index in [0.717, 1.165) is 17.3 Å². The number of nitro benzene ring substituents is 1. The highest BCUT2D eigenvalue weighted by Crippen LogP contribution is 2.31. The van der Waals surface area contributed by atoms with Crippen LogP contribution in [0.5, 0.6) is 0 Å². The van der Waals surface area contributed by atoms with Crippen LogP contribution in [0.3, 0.4) is 0 Å². The fourth-order valence-corrected chi connectivity index (χ4v) is 3.92. The number of hydrogen-bond donors (Lipinski definition) is 2. The largest absolute Gasteiger partial charge is 0.325 e. The van der Waals surface area contributed by atoms with E-state index in [0.29, 0.717) is 22.0 Å². The molecule has 176 valence electrons. The molecule has 3 rings (SSSR count). The van der Waals surface area contributed by atoms with Crippen LogP contribution in [0, 0.1) is 28.4 Å². The van der Waals surface area contributed by atoms with Gasteiger partial charge in [-0.15, -0.1) is 11.8 Å². The summed E-state index contributed by atoms with van der Waals surface area (Å²) in [6.07, 6.45) is 1.26. The van der Waals surface area contributed by atoms with Gasteiger partial charge >= 0.3 is 0 Å². The van der Waals surface area contributed by atoms with Crippen molar-refractivity contribution < 1.29 is 14.5 Å². The molecule has 0 fully saturated rings. The highest BCUT2D eigenvalue weighted by molar-refractivity contribution is 8.00. The highest BCUT2D eigenvalue weighted by atomic mass is 35.5. The minimum atomic E-state index is -0.675. The molecule has 0 atom stereocenters. The molecule has 0 aromatic heterocycles. The van der Waals surface area contributed by atoms with Gasteiger partial charge in [-0.3, -0.25) is 19.7 Å². The van der Waals surface area contributed by atoms with Gasteiger partial charge in [0.05, 0.1) is 15.6 Å². The molecule has 2 N–H and O–H groups in total. The first-order valence-corrected chi connectivity index (χ1v) is 11.6. The zero-order chi connectivity index (χ0) is 25.4. The van der Waals surface area contributed by atoms with E-state index in [4.69, 9.17) is 11.6 Å². The predicted molar refractivity (Wildman–Crippen MR) is 137 cm³/mol. The second-order valence-corrected chi connectivity index (χ2v) is 8.70. The monoisotopic (exact) mass is 506 g/mol. The summed E-state index contributed by atoms with van der Waals surface area (Å²) in [6, 6.07) is 19.9. The zero-order valence-electron chi connectivity index (χ0n) is 18.4. The third-order valence-electron chi connectivity index (χ3n) is 4.70. The molecule has 0 heterocycles. The molecule has 0 saturated carbocycles. The van der Waals surface area contributed by atoms with Crippen LogP contribution < -0.4 is 10.6 Å². The maximum atomic E-state index is 12.5. The quantitative estimate of drug-likeness (QED) is 0.130.